The first-order valence-electron chi connectivity index (χ1n) is 5.80. The summed E-state index contributed by atoms with van der Waals surface area (Å²) in [6, 6.07) is 5.38. The summed E-state index contributed by atoms with van der Waals surface area (Å²) in [7, 11) is 1.53. The van der Waals surface area contributed by atoms with Crippen LogP contribution in [0.25, 0.3) is 0 Å². The zero-order chi connectivity index (χ0) is 14.4. The maximum atomic E-state index is 12.1. The van der Waals surface area contributed by atoms with Crippen molar-refractivity contribution < 1.29 is 19.4 Å². The van der Waals surface area contributed by atoms with Crippen molar-refractivity contribution in [2.24, 2.45) is 0 Å². The highest BCUT2D eigenvalue weighted by atomic mass is 79.9. The molecule has 0 fully saturated rings. The summed E-state index contributed by atoms with van der Waals surface area (Å²) in [5, 5.41) is 8.75. The highest BCUT2D eigenvalue weighted by Crippen LogP contribution is 2.23. The molecular weight excluding hydrogens is 314 g/mol. The standard InChI is InChI=1S/C13H16BrNO4/c1-3-15(8-13(17)18)12(16)7-9-6-10(14)4-5-11(9)19-2/h4-6H,3,7-8H2,1-2H3,(H,17,18). The van der Waals surface area contributed by atoms with Gasteiger partial charge in [-0.25, -0.2) is 0 Å². The molecule has 0 aliphatic rings. The predicted molar refractivity (Wildman–Crippen MR) is 74.3 cm³/mol. The summed E-state index contributed by atoms with van der Waals surface area (Å²) in [6.07, 6.45) is 0.115. The van der Waals surface area contributed by atoms with E-state index in [2.05, 4.69) is 15.9 Å². The minimum Gasteiger partial charge on any atom is -0.496 e. The maximum absolute atomic E-state index is 12.1. The number of benzene rings is 1. The highest BCUT2D eigenvalue weighted by Gasteiger charge is 2.17. The van der Waals surface area contributed by atoms with Crippen molar-refractivity contribution in [1.29, 1.82) is 0 Å². The molecule has 19 heavy (non-hydrogen) atoms. The van der Waals surface area contributed by atoms with Crippen molar-refractivity contribution >= 4 is 27.8 Å². The Kier molecular flexibility index (Phi) is 5.82. The highest BCUT2D eigenvalue weighted by molar-refractivity contribution is 9.10. The molecule has 1 rings (SSSR count). The maximum Gasteiger partial charge on any atom is 0.323 e. The molecule has 0 aliphatic heterocycles. The SMILES string of the molecule is CCN(CC(=O)O)C(=O)Cc1cc(Br)ccc1OC. The lowest BCUT2D eigenvalue weighted by Gasteiger charge is -2.19. The van der Waals surface area contributed by atoms with Crippen LogP contribution in [-0.2, 0) is 16.0 Å². The van der Waals surface area contributed by atoms with Crippen LogP contribution in [0.15, 0.2) is 22.7 Å². The van der Waals surface area contributed by atoms with Gasteiger partial charge in [-0.1, -0.05) is 15.9 Å². The number of carbonyl (C=O) groups is 2. The van der Waals surface area contributed by atoms with Gasteiger partial charge in [-0.2, -0.15) is 0 Å². The Hall–Kier alpha value is -1.56. The summed E-state index contributed by atoms with van der Waals surface area (Å²) in [5.74, 6) is -0.638. The lowest BCUT2D eigenvalue weighted by atomic mass is 10.1. The molecule has 0 saturated heterocycles. The Morgan fingerprint density at radius 3 is 2.63 bits per heavy atom. The van der Waals surface area contributed by atoms with Gasteiger partial charge in [0.1, 0.15) is 12.3 Å². The average Bonchev–Trinajstić information content (AvgIpc) is 2.35. The van der Waals surface area contributed by atoms with E-state index in [1.54, 1.807) is 19.1 Å². The van der Waals surface area contributed by atoms with E-state index in [9.17, 15) is 9.59 Å². The molecule has 104 valence electrons. The van der Waals surface area contributed by atoms with Crippen LogP contribution in [0.5, 0.6) is 5.75 Å². The second-order valence-electron chi connectivity index (χ2n) is 3.93. The summed E-state index contributed by atoms with van der Waals surface area (Å²) in [5.41, 5.74) is 0.728. The van der Waals surface area contributed by atoms with Gasteiger partial charge in [0.25, 0.3) is 0 Å². The first-order chi connectivity index (χ1) is 8.97. The molecule has 1 N–H and O–H groups in total. The number of carboxylic acids is 1. The summed E-state index contributed by atoms with van der Waals surface area (Å²) >= 11 is 3.34. The van der Waals surface area contributed by atoms with Crippen LogP contribution < -0.4 is 4.74 Å². The van der Waals surface area contributed by atoms with Gasteiger partial charge < -0.3 is 14.7 Å². The number of carboxylic acid groups (broad SMARTS) is 1. The van der Waals surface area contributed by atoms with Crippen LogP contribution >= 0.6 is 15.9 Å². The minimum absolute atomic E-state index is 0.115. The number of hydrogen-bond acceptors (Lipinski definition) is 3. The zero-order valence-electron chi connectivity index (χ0n) is 10.9. The molecule has 0 heterocycles. The average molecular weight is 330 g/mol. The van der Waals surface area contributed by atoms with Crippen LogP contribution in [-0.4, -0.2) is 42.1 Å². The van der Waals surface area contributed by atoms with Gasteiger partial charge in [-0.3, -0.25) is 9.59 Å². The Morgan fingerprint density at radius 1 is 1.42 bits per heavy atom. The number of carbonyl (C=O) groups excluding carboxylic acids is 1. The number of amides is 1. The van der Waals surface area contributed by atoms with Gasteiger partial charge in [0.15, 0.2) is 0 Å². The summed E-state index contributed by atoms with van der Waals surface area (Å²) in [6.45, 7) is 1.83. The molecule has 1 aromatic carbocycles. The van der Waals surface area contributed by atoms with E-state index < -0.39 is 5.97 Å². The molecule has 0 radical (unpaired) electrons. The lowest BCUT2D eigenvalue weighted by molar-refractivity contribution is -0.144. The van der Waals surface area contributed by atoms with Crippen molar-refractivity contribution in [3.63, 3.8) is 0 Å². The molecule has 6 heteroatoms. The van der Waals surface area contributed by atoms with Crippen molar-refractivity contribution in [2.75, 3.05) is 20.2 Å². The fraction of sp³-hybridized carbons (Fsp3) is 0.385. The fourth-order valence-electron chi connectivity index (χ4n) is 1.70. The van der Waals surface area contributed by atoms with E-state index in [4.69, 9.17) is 9.84 Å². The van der Waals surface area contributed by atoms with Gasteiger partial charge >= 0.3 is 5.97 Å². The van der Waals surface area contributed by atoms with E-state index in [0.717, 1.165) is 10.0 Å². The molecule has 0 atom stereocenters. The Morgan fingerprint density at radius 2 is 2.11 bits per heavy atom. The molecule has 0 spiro atoms. The largest absolute Gasteiger partial charge is 0.496 e. The third kappa shape index (κ3) is 4.55. The van der Waals surface area contributed by atoms with Crippen molar-refractivity contribution in [3.05, 3.63) is 28.2 Å². The van der Waals surface area contributed by atoms with Crippen LogP contribution in [0.1, 0.15) is 12.5 Å². The van der Waals surface area contributed by atoms with Gasteiger partial charge in [0.05, 0.1) is 13.5 Å². The molecule has 0 aliphatic carbocycles. The number of nitrogens with zero attached hydrogens (tertiary/aromatic N) is 1. The zero-order valence-corrected chi connectivity index (χ0v) is 12.4. The number of halogens is 1. The quantitative estimate of drug-likeness (QED) is 0.866. The third-order valence-corrected chi connectivity index (χ3v) is 3.14. The number of methoxy groups -OCH3 is 1. The number of ether oxygens (including phenoxy) is 1. The van der Waals surface area contributed by atoms with Crippen LogP contribution in [0.3, 0.4) is 0 Å². The van der Waals surface area contributed by atoms with Crippen LogP contribution in [0, 0.1) is 0 Å². The molecule has 0 bridgehead atoms. The van der Waals surface area contributed by atoms with Gasteiger partial charge in [-0.05, 0) is 25.1 Å². The van der Waals surface area contributed by atoms with Crippen molar-refractivity contribution in [2.45, 2.75) is 13.3 Å². The second kappa shape index (κ2) is 7.13. The van der Waals surface area contributed by atoms with Crippen LogP contribution in [0.4, 0.5) is 0 Å². The van der Waals surface area contributed by atoms with E-state index in [1.165, 1.54) is 12.0 Å². The van der Waals surface area contributed by atoms with Crippen molar-refractivity contribution in [3.8, 4) is 5.75 Å². The second-order valence-corrected chi connectivity index (χ2v) is 4.85. The van der Waals surface area contributed by atoms with E-state index in [1.807, 2.05) is 6.07 Å². The topological polar surface area (TPSA) is 66.8 Å². The first kappa shape index (κ1) is 15.5. The molecular formula is C13H16BrNO4. The Balaban J connectivity index is 2.85. The summed E-state index contributed by atoms with van der Waals surface area (Å²) in [4.78, 5) is 24.0. The first-order valence-corrected chi connectivity index (χ1v) is 6.59. The van der Waals surface area contributed by atoms with Crippen molar-refractivity contribution in [1.82, 2.24) is 4.90 Å². The lowest BCUT2D eigenvalue weighted by Crippen LogP contribution is -2.36. The predicted octanol–water partition coefficient (Wildman–Crippen LogP) is 1.93. The Bertz CT molecular complexity index is 476. The number of likely N-dealkylation sites (N-methyl/N-ethyl adjacent to an activating group) is 1. The monoisotopic (exact) mass is 329 g/mol. The number of aliphatic carboxylic acids is 1. The molecule has 0 unspecified atom stereocenters. The van der Waals surface area contributed by atoms with E-state index in [0.29, 0.717) is 12.3 Å². The molecule has 0 saturated carbocycles. The Labute approximate surface area is 120 Å². The number of hydrogen-bond donors (Lipinski definition) is 1. The minimum atomic E-state index is -1.02. The number of rotatable bonds is 6. The van der Waals surface area contributed by atoms with Crippen LogP contribution in [0.2, 0.25) is 0 Å². The fourth-order valence-corrected chi connectivity index (χ4v) is 2.11. The smallest absolute Gasteiger partial charge is 0.323 e. The molecule has 1 aromatic rings. The third-order valence-electron chi connectivity index (χ3n) is 2.64. The summed E-state index contributed by atoms with van der Waals surface area (Å²) < 4.78 is 6.03. The van der Waals surface area contributed by atoms with Gasteiger partial charge in [0, 0.05) is 16.6 Å². The van der Waals surface area contributed by atoms with E-state index >= 15 is 0 Å². The van der Waals surface area contributed by atoms with Gasteiger partial charge in [0.2, 0.25) is 5.91 Å². The molecule has 0 aromatic heterocycles. The molecule has 5 nitrogen and oxygen atoms in total. The van der Waals surface area contributed by atoms with E-state index in [-0.39, 0.29) is 18.9 Å². The molecule has 1 amide bonds. The normalized spacial score (nSPS) is 10.1. The van der Waals surface area contributed by atoms with Gasteiger partial charge in [-0.15, -0.1) is 0 Å².